The number of rotatable bonds is 8. The summed E-state index contributed by atoms with van der Waals surface area (Å²) in [6.45, 7) is -2.05. The minimum absolute atomic E-state index is 0.107. The number of fused-ring (bicyclic) bond motifs is 3. The van der Waals surface area contributed by atoms with E-state index in [0.717, 1.165) is 36.4 Å². The van der Waals surface area contributed by atoms with Crippen molar-refractivity contribution in [3.05, 3.63) is 65.5 Å². The summed E-state index contributed by atoms with van der Waals surface area (Å²) in [7, 11) is 1.67. The minimum atomic E-state index is -2.94. The zero-order valence-corrected chi connectivity index (χ0v) is 21.2. The molecule has 1 amide bonds. The fraction of sp³-hybridized carbons (Fsp3) is 0.464. The molecule has 0 saturated carbocycles. The molecule has 0 radical (unpaired) electrons. The topological polar surface area (TPSA) is 81.5 Å². The van der Waals surface area contributed by atoms with Gasteiger partial charge in [0.25, 0.3) is 0 Å². The molecular weight excluding hydrogens is 492 g/mol. The number of hydrogen-bond donors (Lipinski definition) is 1. The molecular formula is C28H31F2N5O3. The van der Waals surface area contributed by atoms with Crippen molar-refractivity contribution < 1.29 is 23.0 Å². The molecule has 8 nitrogen and oxygen atoms in total. The number of nitrogens with zero attached hydrogens (tertiary/aromatic N) is 4. The smallest absolute Gasteiger partial charge is 0.388 e. The Morgan fingerprint density at radius 3 is 2.79 bits per heavy atom. The number of benzene rings is 1. The van der Waals surface area contributed by atoms with Crippen molar-refractivity contribution in [1.82, 2.24) is 25.0 Å². The molecule has 2 saturated heterocycles. The van der Waals surface area contributed by atoms with Crippen molar-refractivity contribution in [3.63, 3.8) is 0 Å². The molecule has 200 valence electrons. The number of methoxy groups -OCH3 is 1. The maximum atomic E-state index is 13.3. The van der Waals surface area contributed by atoms with Gasteiger partial charge in [0.15, 0.2) is 5.82 Å². The molecule has 10 heteroatoms. The minimum Gasteiger partial charge on any atom is -0.497 e. The molecule has 1 aliphatic carbocycles. The summed E-state index contributed by atoms with van der Waals surface area (Å²) >= 11 is 0. The predicted octanol–water partition coefficient (Wildman–Crippen LogP) is 3.90. The van der Waals surface area contributed by atoms with E-state index in [9.17, 15) is 13.6 Å². The number of halogens is 2. The van der Waals surface area contributed by atoms with Crippen molar-refractivity contribution >= 4 is 5.91 Å². The van der Waals surface area contributed by atoms with Gasteiger partial charge in [0, 0.05) is 42.3 Å². The Hall–Kier alpha value is -3.53. The highest BCUT2D eigenvalue weighted by Crippen LogP contribution is 2.39. The van der Waals surface area contributed by atoms with E-state index >= 15 is 0 Å². The summed E-state index contributed by atoms with van der Waals surface area (Å²) in [5, 5.41) is 7.82. The molecule has 2 fully saturated rings. The van der Waals surface area contributed by atoms with E-state index in [1.807, 2.05) is 12.1 Å². The Bertz CT molecular complexity index is 1300. The number of carbonyl (C=O) groups excluding carboxylic acids is 1. The third kappa shape index (κ3) is 4.84. The van der Waals surface area contributed by atoms with Gasteiger partial charge in [0.05, 0.1) is 13.3 Å². The molecule has 3 aromatic rings. The number of pyridine rings is 1. The summed E-state index contributed by atoms with van der Waals surface area (Å²) in [6, 6.07) is 14.0. The Balaban J connectivity index is 1.08. The lowest BCUT2D eigenvalue weighted by Gasteiger charge is -2.28. The first-order valence-corrected chi connectivity index (χ1v) is 13.2. The molecule has 2 aliphatic heterocycles. The third-order valence-corrected chi connectivity index (χ3v) is 8.19. The molecule has 2 aromatic heterocycles. The molecule has 6 rings (SSSR count). The summed E-state index contributed by atoms with van der Waals surface area (Å²) in [5.41, 5.74) is 3.21. The average molecular weight is 524 g/mol. The zero-order chi connectivity index (χ0) is 26.2. The number of carbonyl (C=O) groups is 1. The lowest BCUT2D eigenvalue weighted by Crippen LogP contribution is -2.46. The quantitative estimate of drug-likeness (QED) is 0.482. The Morgan fingerprint density at radius 2 is 2.00 bits per heavy atom. The van der Waals surface area contributed by atoms with Crippen LogP contribution in [0.2, 0.25) is 0 Å². The van der Waals surface area contributed by atoms with Crippen LogP contribution in [0, 0.1) is 5.92 Å². The lowest BCUT2D eigenvalue weighted by molar-refractivity contribution is -0.126. The standard InChI is InChI=1S/C28H31F2N5O3/c1-37-21-9-5-17(6-10-21)16-34-20-8-12-24(34)22(14-20)32-27(36)18-7-11-23-19(13-18)15-31-35(23)25-3-2-4-26(33-25)38-28(29)30/h2-6,9-10,15,18,20,22,24,28H,7-8,11-14,16H2,1H3,(H,32,36)/t18?,20-,22+,24+/m0/s1. The first-order valence-electron chi connectivity index (χ1n) is 13.2. The highest BCUT2D eigenvalue weighted by Gasteiger charge is 2.47. The normalized spacial score (nSPS) is 24.4. The van der Waals surface area contributed by atoms with Crippen LogP contribution < -0.4 is 14.8 Å². The zero-order valence-electron chi connectivity index (χ0n) is 21.2. The molecule has 0 spiro atoms. The largest absolute Gasteiger partial charge is 0.497 e. The van der Waals surface area contributed by atoms with E-state index in [1.54, 1.807) is 30.1 Å². The van der Waals surface area contributed by atoms with Gasteiger partial charge >= 0.3 is 6.61 Å². The number of amides is 1. The van der Waals surface area contributed by atoms with E-state index in [1.165, 1.54) is 18.1 Å². The molecule has 3 aliphatic rings. The number of nitrogens with one attached hydrogen (secondary N) is 1. The molecule has 4 atom stereocenters. The van der Waals surface area contributed by atoms with Gasteiger partial charge in [0.2, 0.25) is 11.8 Å². The molecule has 1 aromatic carbocycles. The second kappa shape index (κ2) is 10.3. The molecule has 1 unspecified atom stereocenters. The van der Waals surface area contributed by atoms with Crippen LogP contribution in [-0.4, -0.2) is 57.4 Å². The fourth-order valence-corrected chi connectivity index (χ4v) is 6.37. The first kappa shape index (κ1) is 24.8. The lowest BCUT2D eigenvalue weighted by atomic mass is 9.86. The summed E-state index contributed by atoms with van der Waals surface area (Å²) in [5.74, 6) is 1.12. The van der Waals surface area contributed by atoms with Crippen LogP contribution in [0.1, 0.15) is 42.5 Å². The van der Waals surface area contributed by atoms with Gasteiger partial charge in [-0.3, -0.25) is 9.69 Å². The second-order valence-corrected chi connectivity index (χ2v) is 10.4. The van der Waals surface area contributed by atoms with Gasteiger partial charge in [-0.05, 0) is 67.9 Å². The third-order valence-electron chi connectivity index (χ3n) is 8.19. The predicted molar refractivity (Wildman–Crippen MR) is 135 cm³/mol. The van der Waals surface area contributed by atoms with Gasteiger partial charge in [-0.2, -0.15) is 18.9 Å². The van der Waals surface area contributed by atoms with Gasteiger partial charge in [0.1, 0.15) is 5.75 Å². The van der Waals surface area contributed by atoms with Gasteiger partial charge in [-0.15, -0.1) is 0 Å². The molecule has 1 N–H and O–H groups in total. The molecule has 38 heavy (non-hydrogen) atoms. The second-order valence-electron chi connectivity index (χ2n) is 10.4. The number of hydrogen-bond acceptors (Lipinski definition) is 6. The van der Waals surface area contributed by atoms with Crippen LogP contribution in [0.25, 0.3) is 5.82 Å². The van der Waals surface area contributed by atoms with Crippen LogP contribution in [0.3, 0.4) is 0 Å². The Morgan fingerprint density at radius 1 is 1.16 bits per heavy atom. The van der Waals surface area contributed by atoms with Gasteiger partial charge in [-0.1, -0.05) is 18.2 Å². The Labute approximate surface area is 219 Å². The van der Waals surface area contributed by atoms with Crippen molar-refractivity contribution in [2.45, 2.75) is 69.8 Å². The monoisotopic (exact) mass is 523 g/mol. The van der Waals surface area contributed by atoms with Crippen LogP contribution >= 0.6 is 0 Å². The van der Waals surface area contributed by atoms with Crippen LogP contribution in [-0.2, 0) is 24.2 Å². The summed E-state index contributed by atoms with van der Waals surface area (Å²) in [6.07, 6.45) is 7.00. The van der Waals surface area contributed by atoms with Crippen molar-refractivity contribution in [3.8, 4) is 17.4 Å². The van der Waals surface area contributed by atoms with E-state index < -0.39 is 6.61 Å². The fourth-order valence-electron chi connectivity index (χ4n) is 6.37. The molecule has 2 bridgehead atoms. The van der Waals surface area contributed by atoms with E-state index in [0.29, 0.717) is 37.2 Å². The summed E-state index contributed by atoms with van der Waals surface area (Å²) < 4.78 is 36.6. The first-order chi connectivity index (χ1) is 18.5. The van der Waals surface area contributed by atoms with E-state index in [4.69, 9.17) is 4.74 Å². The van der Waals surface area contributed by atoms with Crippen molar-refractivity contribution in [1.29, 1.82) is 0 Å². The SMILES string of the molecule is COc1ccc(CN2[C@H]3CC[C@@H]2[C@H](NC(=O)C2CCc4c(cnn4-c4cccc(OC(F)F)n4)C2)C3)cc1. The maximum Gasteiger partial charge on any atom is 0.388 e. The number of alkyl halides is 2. The highest BCUT2D eigenvalue weighted by molar-refractivity contribution is 5.79. The van der Waals surface area contributed by atoms with Crippen molar-refractivity contribution in [2.24, 2.45) is 5.92 Å². The Kier molecular flexibility index (Phi) is 6.73. The van der Waals surface area contributed by atoms with E-state index in [-0.39, 0.29) is 23.7 Å². The number of aromatic nitrogens is 3. The van der Waals surface area contributed by atoms with Crippen LogP contribution in [0.15, 0.2) is 48.7 Å². The molecule has 4 heterocycles. The average Bonchev–Trinajstić information content (AvgIpc) is 3.61. The van der Waals surface area contributed by atoms with E-state index in [2.05, 4.69) is 37.2 Å². The summed E-state index contributed by atoms with van der Waals surface area (Å²) in [4.78, 5) is 20.0. The van der Waals surface area contributed by atoms with Gasteiger partial charge < -0.3 is 14.8 Å². The van der Waals surface area contributed by atoms with Crippen LogP contribution in [0.4, 0.5) is 8.78 Å². The van der Waals surface area contributed by atoms with Gasteiger partial charge in [-0.25, -0.2) is 4.68 Å². The highest BCUT2D eigenvalue weighted by atomic mass is 19.3. The maximum absolute atomic E-state index is 13.3. The number of ether oxygens (including phenoxy) is 2. The van der Waals surface area contributed by atoms with Crippen LogP contribution in [0.5, 0.6) is 11.6 Å². The van der Waals surface area contributed by atoms with Crippen molar-refractivity contribution in [2.75, 3.05) is 7.11 Å².